The van der Waals surface area contributed by atoms with Gasteiger partial charge in [-0.25, -0.2) is 4.98 Å². The molecule has 1 amide bonds. The molecule has 0 spiro atoms. The van der Waals surface area contributed by atoms with Crippen LogP contribution < -0.4 is 15.4 Å². The number of rotatable bonds is 9. The second-order valence-corrected chi connectivity index (χ2v) is 6.78. The van der Waals surface area contributed by atoms with Crippen LogP contribution in [0.4, 0.5) is 17.5 Å². The normalized spacial score (nSPS) is 10.7. The minimum absolute atomic E-state index is 0.0330. The second-order valence-electron chi connectivity index (χ2n) is 6.37. The van der Waals surface area contributed by atoms with Crippen molar-refractivity contribution in [2.24, 2.45) is 0 Å². The van der Waals surface area contributed by atoms with Crippen molar-refractivity contribution in [2.45, 2.75) is 6.92 Å². The van der Waals surface area contributed by atoms with Crippen LogP contribution in [0.5, 0.6) is 5.75 Å². The van der Waals surface area contributed by atoms with Gasteiger partial charge in [0.25, 0.3) is 5.91 Å². The molecule has 1 aromatic carbocycles. The SMILES string of the molecule is CCN(CCN(C)C)C(=O)c1ccc(Nc2ncc(Cl)c(NC)n2)c(OC)c1. The van der Waals surface area contributed by atoms with Crippen molar-refractivity contribution in [1.29, 1.82) is 0 Å². The maximum atomic E-state index is 12.8. The molecule has 2 rings (SSSR count). The molecule has 0 unspecified atom stereocenters. The Balaban J connectivity index is 2.22. The molecule has 0 atom stereocenters. The number of halogens is 1. The highest BCUT2D eigenvalue weighted by Gasteiger charge is 2.17. The van der Waals surface area contributed by atoms with E-state index in [1.807, 2.05) is 25.9 Å². The van der Waals surface area contributed by atoms with Gasteiger partial charge in [0.15, 0.2) is 0 Å². The maximum absolute atomic E-state index is 12.8. The third kappa shape index (κ3) is 5.46. The van der Waals surface area contributed by atoms with Crippen molar-refractivity contribution in [3.05, 3.63) is 35.0 Å². The highest BCUT2D eigenvalue weighted by atomic mass is 35.5. The summed E-state index contributed by atoms with van der Waals surface area (Å²) in [5.74, 6) is 1.38. The van der Waals surface area contributed by atoms with Gasteiger partial charge in [-0.15, -0.1) is 0 Å². The van der Waals surface area contributed by atoms with E-state index in [4.69, 9.17) is 16.3 Å². The van der Waals surface area contributed by atoms with Gasteiger partial charge < -0.3 is 25.2 Å². The van der Waals surface area contributed by atoms with Crippen LogP contribution in [-0.4, -0.2) is 73.6 Å². The summed E-state index contributed by atoms with van der Waals surface area (Å²) in [5.41, 5.74) is 1.22. The Labute approximate surface area is 170 Å². The van der Waals surface area contributed by atoms with E-state index in [0.717, 1.165) is 6.54 Å². The van der Waals surface area contributed by atoms with Crippen LogP contribution in [0.15, 0.2) is 24.4 Å². The summed E-state index contributed by atoms with van der Waals surface area (Å²) in [5, 5.41) is 6.43. The number of hydrogen-bond donors (Lipinski definition) is 2. The van der Waals surface area contributed by atoms with Crippen LogP contribution in [-0.2, 0) is 0 Å². The van der Waals surface area contributed by atoms with E-state index < -0.39 is 0 Å². The van der Waals surface area contributed by atoms with Gasteiger partial charge in [-0.05, 0) is 39.2 Å². The fraction of sp³-hybridized carbons (Fsp3) is 0.421. The number of nitrogens with one attached hydrogen (secondary N) is 2. The van der Waals surface area contributed by atoms with Gasteiger partial charge in [0.2, 0.25) is 5.95 Å². The van der Waals surface area contributed by atoms with Gasteiger partial charge in [-0.3, -0.25) is 4.79 Å². The molecular formula is C19H27ClN6O2. The highest BCUT2D eigenvalue weighted by molar-refractivity contribution is 6.32. The van der Waals surface area contributed by atoms with E-state index in [-0.39, 0.29) is 5.91 Å². The third-order valence-corrected chi connectivity index (χ3v) is 4.44. The summed E-state index contributed by atoms with van der Waals surface area (Å²) >= 11 is 6.02. The maximum Gasteiger partial charge on any atom is 0.254 e. The Hall–Kier alpha value is -2.58. The van der Waals surface area contributed by atoms with Gasteiger partial charge in [-0.1, -0.05) is 11.6 Å². The number of aromatic nitrogens is 2. The molecule has 0 radical (unpaired) electrons. The first kappa shape index (κ1) is 21.7. The average Bonchev–Trinajstić information content (AvgIpc) is 2.69. The van der Waals surface area contributed by atoms with Crippen molar-refractivity contribution < 1.29 is 9.53 Å². The predicted octanol–water partition coefficient (Wildman–Crippen LogP) is 2.95. The van der Waals surface area contributed by atoms with Crippen LogP contribution in [0.3, 0.4) is 0 Å². The zero-order valence-corrected chi connectivity index (χ0v) is 17.7. The summed E-state index contributed by atoms with van der Waals surface area (Å²) in [6.07, 6.45) is 1.51. The zero-order valence-electron chi connectivity index (χ0n) is 16.9. The first-order valence-corrected chi connectivity index (χ1v) is 9.36. The minimum atomic E-state index is -0.0330. The quantitative estimate of drug-likeness (QED) is 0.662. The van der Waals surface area contributed by atoms with Gasteiger partial charge in [0.1, 0.15) is 16.6 Å². The molecule has 1 heterocycles. The fourth-order valence-corrected chi connectivity index (χ4v) is 2.74. The monoisotopic (exact) mass is 406 g/mol. The van der Waals surface area contributed by atoms with Gasteiger partial charge in [0.05, 0.1) is 19.0 Å². The molecule has 0 fully saturated rings. The van der Waals surface area contributed by atoms with Gasteiger partial charge >= 0.3 is 0 Å². The van der Waals surface area contributed by atoms with Crippen molar-refractivity contribution in [1.82, 2.24) is 19.8 Å². The topological polar surface area (TPSA) is 82.6 Å². The first-order valence-electron chi connectivity index (χ1n) is 8.99. The number of carbonyl (C=O) groups excluding carboxylic acids is 1. The Morgan fingerprint density at radius 2 is 2.04 bits per heavy atom. The molecular weight excluding hydrogens is 380 g/mol. The number of likely N-dealkylation sites (N-methyl/N-ethyl adjacent to an activating group) is 2. The van der Waals surface area contributed by atoms with E-state index in [2.05, 4.69) is 25.5 Å². The molecule has 8 nitrogen and oxygen atoms in total. The largest absolute Gasteiger partial charge is 0.495 e. The van der Waals surface area contributed by atoms with E-state index in [1.165, 1.54) is 6.20 Å². The van der Waals surface area contributed by atoms with Crippen LogP contribution >= 0.6 is 11.6 Å². The number of ether oxygens (including phenoxy) is 1. The molecule has 2 N–H and O–H groups in total. The molecule has 0 bridgehead atoms. The Morgan fingerprint density at radius 1 is 1.29 bits per heavy atom. The molecule has 0 aliphatic rings. The standard InChI is InChI=1S/C19H27ClN6O2/c1-6-26(10-9-25(3)4)18(27)13-7-8-15(16(11-13)28-5)23-19-22-12-14(20)17(21-2)24-19/h7-8,11-12H,6,9-10H2,1-5H3,(H2,21,22,23,24). The molecule has 0 aliphatic carbocycles. The van der Waals surface area contributed by atoms with Crippen molar-refractivity contribution in [3.63, 3.8) is 0 Å². The molecule has 0 aliphatic heterocycles. The molecule has 152 valence electrons. The van der Waals surface area contributed by atoms with Crippen LogP contribution in [0.2, 0.25) is 5.02 Å². The highest BCUT2D eigenvalue weighted by Crippen LogP contribution is 2.29. The van der Waals surface area contributed by atoms with Crippen molar-refractivity contribution in [3.8, 4) is 5.75 Å². The molecule has 1 aromatic heterocycles. The minimum Gasteiger partial charge on any atom is -0.495 e. The zero-order chi connectivity index (χ0) is 20.7. The van der Waals surface area contributed by atoms with Gasteiger partial charge in [-0.2, -0.15) is 4.98 Å². The Bertz CT molecular complexity index is 815. The first-order chi connectivity index (χ1) is 13.4. The summed E-state index contributed by atoms with van der Waals surface area (Å²) in [7, 11) is 7.26. The number of hydrogen-bond acceptors (Lipinski definition) is 7. The lowest BCUT2D eigenvalue weighted by atomic mass is 10.1. The van der Waals surface area contributed by atoms with Crippen molar-refractivity contribution in [2.75, 3.05) is 58.5 Å². The number of methoxy groups -OCH3 is 1. The predicted molar refractivity (Wildman–Crippen MR) is 113 cm³/mol. The van der Waals surface area contributed by atoms with Crippen LogP contribution in [0.1, 0.15) is 17.3 Å². The Kier molecular flexibility index (Phi) is 7.83. The van der Waals surface area contributed by atoms with Gasteiger partial charge in [0, 0.05) is 32.2 Å². The third-order valence-electron chi connectivity index (χ3n) is 4.16. The lowest BCUT2D eigenvalue weighted by Crippen LogP contribution is -2.36. The lowest BCUT2D eigenvalue weighted by molar-refractivity contribution is 0.0754. The average molecular weight is 407 g/mol. The number of anilines is 3. The molecule has 0 saturated carbocycles. The van der Waals surface area contributed by atoms with E-state index in [1.54, 1.807) is 32.4 Å². The van der Waals surface area contributed by atoms with E-state index in [0.29, 0.717) is 46.9 Å². The molecule has 28 heavy (non-hydrogen) atoms. The summed E-state index contributed by atoms with van der Waals surface area (Å²) in [6.45, 7) is 4.08. The van der Waals surface area contributed by atoms with Crippen LogP contribution in [0, 0.1) is 0 Å². The van der Waals surface area contributed by atoms with E-state index in [9.17, 15) is 4.79 Å². The second kappa shape index (κ2) is 10.1. The van der Waals surface area contributed by atoms with Crippen molar-refractivity contribution >= 4 is 35.0 Å². The lowest BCUT2D eigenvalue weighted by Gasteiger charge is -2.23. The number of nitrogens with zero attached hydrogens (tertiary/aromatic N) is 4. The summed E-state index contributed by atoms with van der Waals surface area (Å²) in [4.78, 5) is 25.2. The summed E-state index contributed by atoms with van der Waals surface area (Å²) in [6, 6.07) is 5.27. The smallest absolute Gasteiger partial charge is 0.254 e. The van der Waals surface area contributed by atoms with E-state index >= 15 is 0 Å². The summed E-state index contributed by atoms with van der Waals surface area (Å²) < 4.78 is 5.46. The van der Waals surface area contributed by atoms with Crippen LogP contribution in [0.25, 0.3) is 0 Å². The number of amides is 1. The number of benzene rings is 1. The Morgan fingerprint density at radius 3 is 2.64 bits per heavy atom. The molecule has 9 heteroatoms. The molecule has 0 saturated heterocycles. The number of carbonyl (C=O) groups is 1. The fourth-order valence-electron chi connectivity index (χ4n) is 2.56. The molecule has 2 aromatic rings.